The highest BCUT2D eigenvalue weighted by Gasteiger charge is 2.26. The molecule has 0 spiro atoms. The third kappa shape index (κ3) is 5.85. The minimum absolute atomic E-state index is 0.0163. The van der Waals surface area contributed by atoms with Crippen LogP contribution >= 0.6 is 0 Å². The molecule has 3 rings (SSSR count). The molecule has 8 heteroatoms. The van der Waals surface area contributed by atoms with E-state index < -0.39 is 5.60 Å². The van der Waals surface area contributed by atoms with Crippen LogP contribution in [0.25, 0.3) is 10.8 Å². The van der Waals surface area contributed by atoms with E-state index in [1.807, 2.05) is 20.8 Å². The molecule has 1 saturated carbocycles. The van der Waals surface area contributed by atoms with Gasteiger partial charge in [-0.25, -0.2) is 4.79 Å². The van der Waals surface area contributed by atoms with Crippen LogP contribution in [0.3, 0.4) is 0 Å². The topological polar surface area (TPSA) is 128 Å². The molecule has 1 aromatic heterocycles. The summed E-state index contributed by atoms with van der Waals surface area (Å²) in [6.07, 6.45) is 3.02. The monoisotopic (exact) mass is 429 g/mol. The number of esters is 1. The molecule has 168 valence electrons. The Labute approximate surface area is 182 Å². The maximum Gasteiger partial charge on any atom is 0.332 e. The molecule has 1 fully saturated rings. The van der Waals surface area contributed by atoms with Gasteiger partial charge in [-0.15, -0.1) is 0 Å². The van der Waals surface area contributed by atoms with Crippen LogP contribution in [0.2, 0.25) is 0 Å². The quantitative estimate of drug-likeness (QED) is 0.367. The summed E-state index contributed by atoms with van der Waals surface area (Å²) in [7, 11) is 0. The summed E-state index contributed by atoms with van der Waals surface area (Å²) >= 11 is 0. The summed E-state index contributed by atoms with van der Waals surface area (Å²) in [6.45, 7) is 7.20. The number of amidine groups is 1. The third-order valence-electron chi connectivity index (χ3n) is 5.28. The molecule has 0 saturated heterocycles. The lowest BCUT2D eigenvalue weighted by Gasteiger charge is -2.29. The number of carbonyl (C=O) groups is 2. The van der Waals surface area contributed by atoms with Crippen molar-refractivity contribution >= 4 is 28.5 Å². The van der Waals surface area contributed by atoms with Crippen molar-refractivity contribution in [3.05, 3.63) is 35.3 Å². The average molecular weight is 430 g/mol. The van der Waals surface area contributed by atoms with E-state index in [-0.39, 0.29) is 42.2 Å². The molecule has 0 radical (unpaired) electrons. The SMILES string of the molecule is Cc1oc(C(=O)NC2CCC(OCC(=O)OC(C)(C)C)CC2)c2ccc(C(=N)N)cc12. The number of amides is 1. The average Bonchev–Trinajstić information content (AvgIpc) is 3.02. The Balaban J connectivity index is 1.53. The maximum absolute atomic E-state index is 12.8. The Hall–Kier alpha value is -2.87. The molecule has 4 N–H and O–H groups in total. The van der Waals surface area contributed by atoms with Crippen molar-refractivity contribution in [1.82, 2.24) is 5.32 Å². The van der Waals surface area contributed by atoms with Gasteiger partial charge in [0.1, 0.15) is 23.8 Å². The highest BCUT2D eigenvalue weighted by Crippen LogP contribution is 2.28. The van der Waals surface area contributed by atoms with Gasteiger partial charge in [-0.1, -0.05) is 6.07 Å². The molecule has 0 unspecified atom stereocenters. The van der Waals surface area contributed by atoms with E-state index >= 15 is 0 Å². The second-order valence-corrected chi connectivity index (χ2v) is 9.01. The van der Waals surface area contributed by atoms with E-state index in [0.29, 0.717) is 16.7 Å². The minimum atomic E-state index is -0.523. The van der Waals surface area contributed by atoms with Crippen molar-refractivity contribution in [3.8, 4) is 0 Å². The van der Waals surface area contributed by atoms with Crippen molar-refractivity contribution in [2.24, 2.45) is 5.73 Å². The first-order valence-electron chi connectivity index (χ1n) is 10.6. The molecule has 8 nitrogen and oxygen atoms in total. The van der Waals surface area contributed by atoms with E-state index in [9.17, 15) is 9.59 Å². The van der Waals surface area contributed by atoms with Gasteiger partial charge in [0, 0.05) is 22.4 Å². The standard InChI is InChI=1S/C23H31N3O5/c1-13-18-11-14(21(24)25)5-10-17(18)20(30-13)22(28)26-15-6-8-16(9-7-15)29-12-19(27)31-23(2,3)4/h5,10-11,15-16H,6-9,12H2,1-4H3,(H3,24,25)(H,26,28). The highest BCUT2D eigenvalue weighted by atomic mass is 16.6. The van der Waals surface area contributed by atoms with Gasteiger partial charge in [-0.05, 0) is 65.5 Å². The zero-order valence-electron chi connectivity index (χ0n) is 18.5. The number of hydrogen-bond acceptors (Lipinski definition) is 6. The summed E-state index contributed by atoms with van der Waals surface area (Å²) < 4.78 is 16.7. The van der Waals surface area contributed by atoms with Crippen LogP contribution in [0, 0.1) is 12.3 Å². The highest BCUT2D eigenvalue weighted by molar-refractivity contribution is 6.08. The van der Waals surface area contributed by atoms with Gasteiger partial charge >= 0.3 is 5.97 Å². The lowest BCUT2D eigenvalue weighted by Crippen LogP contribution is -2.39. The van der Waals surface area contributed by atoms with Crippen LogP contribution in [-0.2, 0) is 14.3 Å². The molecule has 0 atom stereocenters. The molecule has 1 aliphatic carbocycles. The van der Waals surface area contributed by atoms with Crippen molar-refractivity contribution in [2.75, 3.05) is 6.61 Å². The fraction of sp³-hybridized carbons (Fsp3) is 0.522. The number of hydrogen-bond donors (Lipinski definition) is 3. The fourth-order valence-corrected chi connectivity index (χ4v) is 3.81. The van der Waals surface area contributed by atoms with Crippen LogP contribution < -0.4 is 11.1 Å². The molecule has 1 aromatic carbocycles. The first kappa shape index (κ1) is 22.8. The van der Waals surface area contributed by atoms with Gasteiger partial charge in [-0.2, -0.15) is 0 Å². The Morgan fingerprint density at radius 2 is 1.87 bits per heavy atom. The molecule has 1 aliphatic rings. The van der Waals surface area contributed by atoms with Gasteiger partial charge in [0.2, 0.25) is 0 Å². The van der Waals surface area contributed by atoms with Crippen LogP contribution in [-0.4, -0.2) is 42.1 Å². The number of rotatable bonds is 6. The summed E-state index contributed by atoms with van der Waals surface area (Å²) in [5, 5.41) is 12.1. The predicted octanol–water partition coefficient (Wildman–Crippen LogP) is 3.42. The molecule has 0 aliphatic heterocycles. The lowest BCUT2D eigenvalue weighted by atomic mass is 9.93. The van der Waals surface area contributed by atoms with E-state index in [2.05, 4.69) is 5.32 Å². The second-order valence-electron chi connectivity index (χ2n) is 9.01. The van der Waals surface area contributed by atoms with E-state index in [0.717, 1.165) is 31.1 Å². The zero-order chi connectivity index (χ0) is 22.8. The van der Waals surface area contributed by atoms with Gasteiger partial charge in [0.05, 0.1) is 6.10 Å². The lowest BCUT2D eigenvalue weighted by molar-refractivity contribution is -0.162. The molecule has 31 heavy (non-hydrogen) atoms. The second kappa shape index (κ2) is 9.09. The Morgan fingerprint density at radius 3 is 2.48 bits per heavy atom. The molecule has 1 heterocycles. The largest absolute Gasteiger partial charge is 0.458 e. The molecule has 2 aromatic rings. The number of nitrogens with one attached hydrogen (secondary N) is 2. The van der Waals surface area contributed by atoms with E-state index in [4.69, 9.17) is 25.0 Å². The van der Waals surface area contributed by atoms with Crippen molar-refractivity contribution in [3.63, 3.8) is 0 Å². The first-order chi connectivity index (χ1) is 14.5. The summed E-state index contributed by atoms with van der Waals surface area (Å²) in [5.41, 5.74) is 5.63. The predicted molar refractivity (Wildman–Crippen MR) is 117 cm³/mol. The number of ether oxygens (including phenoxy) is 2. The van der Waals surface area contributed by atoms with Crippen LogP contribution in [0.4, 0.5) is 0 Å². The number of fused-ring (bicyclic) bond motifs is 1. The number of nitrogen functional groups attached to an aromatic ring is 1. The van der Waals surface area contributed by atoms with Crippen LogP contribution in [0.1, 0.15) is 68.3 Å². The maximum atomic E-state index is 12.8. The Kier molecular flexibility index (Phi) is 6.69. The number of aryl methyl sites for hydroxylation is 1. The van der Waals surface area contributed by atoms with Gasteiger partial charge < -0.3 is 24.9 Å². The summed E-state index contributed by atoms with van der Waals surface area (Å²) in [5.74, 6) is 0.232. The van der Waals surface area contributed by atoms with Gasteiger partial charge in [0.15, 0.2) is 5.76 Å². The number of benzene rings is 1. The summed E-state index contributed by atoms with van der Waals surface area (Å²) in [4.78, 5) is 24.6. The van der Waals surface area contributed by atoms with Gasteiger partial charge in [0.25, 0.3) is 5.91 Å². The number of carbonyl (C=O) groups excluding carboxylic acids is 2. The van der Waals surface area contributed by atoms with Crippen molar-refractivity contribution in [1.29, 1.82) is 5.41 Å². The van der Waals surface area contributed by atoms with Crippen LogP contribution in [0.15, 0.2) is 22.6 Å². The van der Waals surface area contributed by atoms with Crippen LogP contribution in [0.5, 0.6) is 0 Å². The molecular weight excluding hydrogens is 398 g/mol. The minimum Gasteiger partial charge on any atom is -0.458 e. The normalized spacial score (nSPS) is 19.2. The molecule has 1 amide bonds. The molecular formula is C23H31N3O5. The Bertz CT molecular complexity index is 981. The number of nitrogens with two attached hydrogens (primary N) is 1. The third-order valence-corrected chi connectivity index (χ3v) is 5.28. The zero-order valence-corrected chi connectivity index (χ0v) is 18.5. The Morgan fingerprint density at radius 1 is 1.19 bits per heavy atom. The smallest absolute Gasteiger partial charge is 0.332 e. The molecule has 0 bridgehead atoms. The van der Waals surface area contributed by atoms with Gasteiger partial charge in [-0.3, -0.25) is 10.2 Å². The first-order valence-corrected chi connectivity index (χ1v) is 10.6. The van der Waals surface area contributed by atoms with E-state index in [1.54, 1.807) is 25.1 Å². The van der Waals surface area contributed by atoms with E-state index in [1.165, 1.54) is 0 Å². The van der Waals surface area contributed by atoms with Crippen molar-refractivity contribution in [2.45, 2.75) is 71.1 Å². The number of furan rings is 1. The fourth-order valence-electron chi connectivity index (χ4n) is 3.81. The van der Waals surface area contributed by atoms with Crippen molar-refractivity contribution < 1.29 is 23.5 Å². The summed E-state index contributed by atoms with van der Waals surface area (Å²) in [6, 6.07) is 5.26.